The van der Waals surface area contributed by atoms with Crippen molar-refractivity contribution in [3.8, 4) is 17.6 Å². The first-order valence-electron chi connectivity index (χ1n) is 11.2. The Labute approximate surface area is 199 Å². The van der Waals surface area contributed by atoms with E-state index in [1.807, 2.05) is 18.2 Å². The first-order chi connectivity index (χ1) is 15.0. The van der Waals surface area contributed by atoms with Gasteiger partial charge in [-0.1, -0.05) is 38.1 Å². The maximum atomic E-state index is 10.2. The van der Waals surface area contributed by atoms with E-state index in [4.69, 9.17) is 9.47 Å². The monoisotopic (exact) mass is 457 g/mol. The topological polar surface area (TPSA) is 48.7 Å². The van der Waals surface area contributed by atoms with Crippen molar-refractivity contribution < 1.29 is 9.47 Å². The number of hydrogen-bond acceptors (Lipinski definition) is 5. The molecule has 0 spiro atoms. The van der Waals surface area contributed by atoms with E-state index < -0.39 is 5.41 Å². The Balaban J connectivity index is 0.00000363. The smallest absolute Gasteiger partial charge is 0.161 e. The predicted molar refractivity (Wildman–Crippen MR) is 133 cm³/mol. The maximum absolute atomic E-state index is 10.2. The largest absolute Gasteiger partial charge is 0.493 e. The molecule has 1 aliphatic rings. The SMILES string of the molecule is COc1ccc(C(C#N)(CCCN2CCN(c3ccccc3)CC2)C(C)C)cc1OC.Cl. The predicted octanol–water partition coefficient (Wildman–Crippen LogP) is 5.15. The molecule has 1 heterocycles. The number of hydrogen-bond donors (Lipinski definition) is 0. The van der Waals surface area contributed by atoms with Crippen LogP contribution in [-0.4, -0.2) is 51.8 Å². The van der Waals surface area contributed by atoms with E-state index in [-0.39, 0.29) is 18.3 Å². The lowest BCUT2D eigenvalue weighted by Crippen LogP contribution is -2.46. The van der Waals surface area contributed by atoms with Gasteiger partial charge in [-0.05, 0) is 55.1 Å². The summed E-state index contributed by atoms with van der Waals surface area (Å²) in [5.41, 5.74) is 1.78. The molecular formula is C26H36ClN3O2. The van der Waals surface area contributed by atoms with Gasteiger partial charge in [-0.3, -0.25) is 4.90 Å². The number of halogens is 1. The highest BCUT2D eigenvalue weighted by Crippen LogP contribution is 2.40. The van der Waals surface area contributed by atoms with Crippen LogP contribution in [0.4, 0.5) is 5.69 Å². The third-order valence-corrected chi connectivity index (χ3v) is 6.62. The number of rotatable bonds is 9. The molecule has 0 amide bonds. The van der Waals surface area contributed by atoms with Crippen molar-refractivity contribution in [1.29, 1.82) is 5.26 Å². The Morgan fingerprint density at radius 3 is 2.19 bits per heavy atom. The van der Waals surface area contributed by atoms with E-state index in [0.29, 0.717) is 11.5 Å². The zero-order chi connectivity index (χ0) is 22.3. The number of para-hydroxylation sites is 1. The Hall–Kier alpha value is -2.42. The fourth-order valence-corrected chi connectivity index (χ4v) is 4.58. The molecule has 6 heteroatoms. The number of nitriles is 1. The van der Waals surface area contributed by atoms with Crippen LogP contribution in [0, 0.1) is 17.2 Å². The summed E-state index contributed by atoms with van der Waals surface area (Å²) in [7, 11) is 3.27. The van der Waals surface area contributed by atoms with E-state index in [1.165, 1.54) is 5.69 Å². The maximum Gasteiger partial charge on any atom is 0.161 e. The summed E-state index contributed by atoms with van der Waals surface area (Å²) in [5, 5.41) is 10.2. The van der Waals surface area contributed by atoms with Gasteiger partial charge in [-0.25, -0.2) is 0 Å². The molecule has 1 unspecified atom stereocenters. The van der Waals surface area contributed by atoms with E-state index >= 15 is 0 Å². The molecule has 3 rings (SSSR count). The Bertz CT molecular complexity index is 876. The van der Waals surface area contributed by atoms with Gasteiger partial charge < -0.3 is 14.4 Å². The summed E-state index contributed by atoms with van der Waals surface area (Å²) in [4.78, 5) is 4.98. The molecule has 1 atom stereocenters. The molecule has 32 heavy (non-hydrogen) atoms. The fourth-order valence-electron chi connectivity index (χ4n) is 4.58. The van der Waals surface area contributed by atoms with Crippen LogP contribution in [-0.2, 0) is 5.41 Å². The normalized spacial score (nSPS) is 16.1. The van der Waals surface area contributed by atoms with Crippen LogP contribution in [0.3, 0.4) is 0 Å². The van der Waals surface area contributed by atoms with Crippen LogP contribution in [0.5, 0.6) is 11.5 Å². The van der Waals surface area contributed by atoms with E-state index in [2.05, 4.69) is 60.0 Å². The zero-order valence-corrected chi connectivity index (χ0v) is 20.5. The van der Waals surface area contributed by atoms with Gasteiger partial charge >= 0.3 is 0 Å². The standard InChI is InChI=1S/C26H35N3O2.ClH/c1-21(2)26(20-27,22-11-12-24(30-3)25(19-22)31-4)13-8-14-28-15-17-29(18-16-28)23-9-6-5-7-10-23;/h5-7,9-12,19,21H,8,13-18H2,1-4H3;1H. The van der Waals surface area contributed by atoms with E-state index in [0.717, 1.165) is 51.1 Å². The zero-order valence-electron chi connectivity index (χ0n) is 19.7. The van der Waals surface area contributed by atoms with Crippen LogP contribution in [0.1, 0.15) is 32.3 Å². The molecule has 174 valence electrons. The summed E-state index contributed by atoms with van der Waals surface area (Å²) < 4.78 is 10.9. The van der Waals surface area contributed by atoms with Gasteiger partial charge in [0, 0.05) is 31.9 Å². The number of methoxy groups -OCH3 is 2. The minimum absolute atomic E-state index is 0. The molecule has 0 aliphatic carbocycles. The Morgan fingerprint density at radius 2 is 1.62 bits per heavy atom. The lowest BCUT2D eigenvalue weighted by Gasteiger charge is -2.37. The van der Waals surface area contributed by atoms with Crippen molar-refractivity contribution in [3.63, 3.8) is 0 Å². The first-order valence-corrected chi connectivity index (χ1v) is 11.2. The molecule has 0 radical (unpaired) electrons. The lowest BCUT2D eigenvalue weighted by molar-refractivity contribution is 0.239. The molecule has 2 aromatic rings. The Morgan fingerprint density at radius 1 is 0.969 bits per heavy atom. The van der Waals surface area contributed by atoms with Crippen LogP contribution >= 0.6 is 12.4 Å². The first kappa shape index (κ1) is 25.8. The molecular weight excluding hydrogens is 422 g/mol. The summed E-state index contributed by atoms with van der Waals surface area (Å²) in [6, 6.07) is 19.2. The van der Waals surface area contributed by atoms with Crippen LogP contribution < -0.4 is 14.4 Å². The van der Waals surface area contributed by atoms with Crippen molar-refractivity contribution in [2.45, 2.75) is 32.1 Å². The number of piperazine rings is 1. The molecule has 1 aliphatic heterocycles. The highest BCUT2D eigenvalue weighted by atomic mass is 35.5. The molecule has 1 saturated heterocycles. The van der Waals surface area contributed by atoms with Crippen LogP contribution in [0.2, 0.25) is 0 Å². The van der Waals surface area contributed by atoms with Gasteiger partial charge in [0.25, 0.3) is 0 Å². The Kier molecular flexibility index (Phi) is 9.68. The van der Waals surface area contributed by atoms with Crippen molar-refractivity contribution >= 4 is 18.1 Å². The fraction of sp³-hybridized carbons (Fsp3) is 0.500. The number of nitrogens with zero attached hydrogens (tertiary/aromatic N) is 3. The average Bonchev–Trinajstić information content (AvgIpc) is 2.82. The van der Waals surface area contributed by atoms with E-state index in [1.54, 1.807) is 14.2 Å². The summed E-state index contributed by atoms with van der Waals surface area (Å²) >= 11 is 0. The summed E-state index contributed by atoms with van der Waals surface area (Å²) in [5.74, 6) is 1.57. The number of benzene rings is 2. The molecule has 1 fully saturated rings. The van der Waals surface area contributed by atoms with Crippen LogP contribution in [0.25, 0.3) is 0 Å². The molecule has 0 saturated carbocycles. The van der Waals surface area contributed by atoms with Crippen molar-refractivity contribution in [2.75, 3.05) is 51.8 Å². The number of ether oxygens (including phenoxy) is 2. The minimum atomic E-state index is -0.536. The van der Waals surface area contributed by atoms with Gasteiger partial charge in [-0.15, -0.1) is 12.4 Å². The van der Waals surface area contributed by atoms with Gasteiger partial charge in [-0.2, -0.15) is 5.26 Å². The third kappa shape index (κ3) is 5.68. The second-order valence-corrected chi connectivity index (χ2v) is 8.58. The van der Waals surface area contributed by atoms with Gasteiger partial charge in [0.15, 0.2) is 11.5 Å². The molecule has 5 nitrogen and oxygen atoms in total. The van der Waals surface area contributed by atoms with Gasteiger partial charge in [0.1, 0.15) is 0 Å². The molecule has 0 N–H and O–H groups in total. The lowest BCUT2D eigenvalue weighted by atomic mass is 9.69. The summed E-state index contributed by atoms with van der Waals surface area (Å²) in [6.07, 6.45) is 1.82. The summed E-state index contributed by atoms with van der Waals surface area (Å²) in [6.45, 7) is 9.52. The molecule has 2 aromatic carbocycles. The van der Waals surface area contributed by atoms with Crippen molar-refractivity contribution in [1.82, 2.24) is 4.90 Å². The van der Waals surface area contributed by atoms with Crippen LogP contribution in [0.15, 0.2) is 48.5 Å². The highest BCUT2D eigenvalue weighted by molar-refractivity contribution is 5.85. The molecule has 0 bridgehead atoms. The van der Waals surface area contributed by atoms with E-state index in [9.17, 15) is 5.26 Å². The van der Waals surface area contributed by atoms with Gasteiger partial charge in [0.05, 0.1) is 25.7 Å². The quantitative estimate of drug-likeness (QED) is 0.521. The second-order valence-electron chi connectivity index (χ2n) is 8.58. The van der Waals surface area contributed by atoms with Crippen molar-refractivity contribution in [2.24, 2.45) is 5.92 Å². The average molecular weight is 458 g/mol. The van der Waals surface area contributed by atoms with Crippen molar-refractivity contribution in [3.05, 3.63) is 54.1 Å². The van der Waals surface area contributed by atoms with Gasteiger partial charge in [0.2, 0.25) is 0 Å². The highest BCUT2D eigenvalue weighted by Gasteiger charge is 2.36. The number of anilines is 1. The molecule has 0 aromatic heterocycles. The minimum Gasteiger partial charge on any atom is -0.493 e. The second kappa shape index (κ2) is 12.0. The third-order valence-electron chi connectivity index (χ3n) is 6.62.